The van der Waals surface area contributed by atoms with Gasteiger partial charge < -0.3 is 11.1 Å². The molecule has 0 aromatic rings. The molecule has 0 aromatic carbocycles. The molecule has 1 aliphatic rings. The molecule has 0 aliphatic carbocycles. The predicted octanol–water partition coefficient (Wildman–Crippen LogP) is 0.968. The molecule has 1 fully saturated rings. The van der Waals surface area contributed by atoms with E-state index in [2.05, 4.69) is 5.32 Å². The second-order valence-electron chi connectivity index (χ2n) is 3.45. The second-order valence-corrected chi connectivity index (χ2v) is 6.01. The zero-order valence-corrected chi connectivity index (χ0v) is 11.4. The van der Waals surface area contributed by atoms with Gasteiger partial charge in [-0.15, -0.1) is 12.4 Å². The molecule has 2 atom stereocenters. The van der Waals surface area contributed by atoms with Crippen LogP contribution in [0.2, 0.25) is 0 Å². The number of halogens is 1. The van der Waals surface area contributed by atoms with Crippen molar-refractivity contribution < 1.29 is 4.79 Å². The van der Waals surface area contributed by atoms with Crippen molar-refractivity contribution in [2.75, 3.05) is 30.3 Å². The number of amides is 1. The summed E-state index contributed by atoms with van der Waals surface area (Å²) in [6, 6.07) is 0. The lowest BCUT2D eigenvalue weighted by atomic mass is 10.2. The standard InChI is InChI=1S/C9H18N2OS2.ClH/c1-7(4-10)9(12)11-5-8-6-13-2-3-14-8;/h7-8H,2-6,10H2,1H3,(H,11,12);1H. The Kier molecular flexibility index (Phi) is 8.80. The van der Waals surface area contributed by atoms with Gasteiger partial charge in [0.15, 0.2) is 0 Å². The SMILES string of the molecule is CC(CN)C(=O)NCC1CSCCS1.Cl. The number of nitrogens with one attached hydrogen (secondary N) is 1. The lowest BCUT2D eigenvalue weighted by molar-refractivity contribution is -0.124. The molecule has 1 saturated heterocycles. The van der Waals surface area contributed by atoms with Gasteiger partial charge in [0.1, 0.15) is 0 Å². The van der Waals surface area contributed by atoms with Crippen LogP contribution in [0.3, 0.4) is 0 Å². The number of nitrogens with two attached hydrogens (primary N) is 1. The molecular formula is C9H19ClN2OS2. The van der Waals surface area contributed by atoms with Crippen molar-refractivity contribution in [1.29, 1.82) is 0 Å². The monoisotopic (exact) mass is 270 g/mol. The zero-order chi connectivity index (χ0) is 10.4. The van der Waals surface area contributed by atoms with Gasteiger partial charge in [0.2, 0.25) is 5.91 Å². The third kappa shape index (κ3) is 5.90. The van der Waals surface area contributed by atoms with Crippen molar-refractivity contribution in [2.45, 2.75) is 12.2 Å². The van der Waals surface area contributed by atoms with E-state index in [1.54, 1.807) is 0 Å². The highest BCUT2D eigenvalue weighted by molar-refractivity contribution is 8.06. The molecule has 6 heteroatoms. The Labute approximate surface area is 106 Å². The minimum atomic E-state index is -0.0590. The summed E-state index contributed by atoms with van der Waals surface area (Å²) in [6.07, 6.45) is 0. The van der Waals surface area contributed by atoms with Gasteiger partial charge in [0.05, 0.1) is 0 Å². The Morgan fingerprint density at radius 2 is 2.33 bits per heavy atom. The molecule has 90 valence electrons. The molecule has 0 aromatic heterocycles. The number of carbonyl (C=O) groups excluding carboxylic acids is 1. The van der Waals surface area contributed by atoms with Crippen molar-refractivity contribution in [2.24, 2.45) is 11.7 Å². The lowest BCUT2D eigenvalue weighted by Crippen LogP contribution is -2.38. The average molecular weight is 271 g/mol. The van der Waals surface area contributed by atoms with E-state index in [0.717, 1.165) is 12.3 Å². The lowest BCUT2D eigenvalue weighted by Gasteiger charge is -2.21. The average Bonchev–Trinajstić information content (AvgIpc) is 2.26. The van der Waals surface area contributed by atoms with E-state index in [9.17, 15) is 4.79 Å². The first-order valence-corrected chi connectivity index (χ1v) is 7.11. The molecule has 0 bridgehead atoms. The van der Waals surface area contributed by atoms with Crippen LogP contribution < -0.4 is 11.1 Å². The van der Waals surface area contributed by atoms with Crippen molar-refractivity contribution in [1.82, 2.24) is 5.32 Å². The number of carbonyl (C=O) groups is 1. The van der Waals surface area contributed by atoms with Crippen LogP contribution in [0.5, 0.6) is 0 Å². The van der Waals surface area contributed by atoms with Crippen LogP contribution in [0.1, 0.15) is 6.92 Å². The first-order chi connectivity index (χ1) is 6.74. The van der Waals surface area contributed by atoms with Crippen molar-refractivity contribution >= 4 is 41.8 Å². The number of rotatable bonds is 4. The minimum absolute atomic E-state index is 0. The maximum absolute atomic E-state index is 11.4. The Bertz CT molecular complexity index is 189. The van der Waals surface area contributed by atoms with Crippen molar-refractivity contribution in [3.63, 3.8) is 0 Å². The van der Waals surface area contributed by atoms with Crippen LogP contribution in [0.15, 0.2) is 0 Å². The van der Waals surface area contributed by atoms with E-state index in [-0.39, 0.29) is 24.2 Å². The van der Waals surface area contributed by atoms with E-state index in [4.69, 9.17) is 5.73 Å². The Hall–Kier alpha value is 0.420. The molecule has 3 N–H and O–H groups in total. The van der Waals surface area contributed by atoms with Gasteiger partial charge in [-0.3, -0.25) is 4.79 Å². The molecule has 2 unspecified atom stereocenters. The number of hydrogen-bond donors (Lipinski definition) is 2. The van der Waals surface area contributed by atoms with E-state index >= 15 is 0 Å². The van der Waals surface area contributed by atoms with Gasteiger partial charge >= 0.3 is 0 Å². The summed E-state index contributed by atoms with van der Waals surface area (Å²) < 4.78 is 0. The normalized spacial score (nSPS) is 22.7. The van der Waals surface area contributed by atoms with Gasteiger partial charge in [0.25, 0.3) is 0 Å². The van der Waals surface area contributed by atoms with Gasteiger partial charge in [0, 0.05) is 41.5 Å². The molecule has 3 nitrogen and oxygen atoms in total. The molecule has 1 rings (SSSR count). The fourth-order valence-electron chi connectivity index (χ4n) is 1.15. The largest absolute Gasteiger partial charge is 0.355 e. The van der Waals surface area contributed by atoms with E-state index in [0.29, 0.717) is 11.8 Å². The summed E-state index contributed by atoms with van der Waals surface area (Å²) in [5.41, 5.74) is 5.41. The third-order valence-corrected chi connectivity index (χ3v) is 5.03. The quantitative estimate of drug-likeness (QED) is 0.799. The topological polar surface area (TPSA) is 55.1 Å². The van der Waals surface area contributed by atoms with E-state index in [1.165, 1.54) is 11.5 Å². The van der Waals surface area contributed by atoms with E-state index in [1.807, 2.05) is 30.4 Å². The van der Waals surface area contributed by atoms with Crippen LogP contribution in [-0.2, 0) is 4.79 Å². The first-order valence-electron chi connectivity index (χ1n) is 4.91. The summed E-state index contributed by atoms with van der Waals surface area (Å²) in [6.45, 7) is 3.08. The molecule has 1 heterocycles. The van der Waals surface area contributed by atoms with Gasteiger partial charge in [-0.1, -0.05) is 6.92 Å². The fraction of sp³-hybridized carbons (Fsp3) is 0.889. The van der Waals surface area contributed by atoms with Gasteiger partial charge in [-0.05, 0) is 0 Å². The third-order valence-electron chi connectivity index (χ3n) is 2.19. The van der Waals surface area contributed by atoms with Crippen LogP contribution in [0.4, 0.5) is 0 Å². The number of thioether (sulfide) groups is 2. The summed E-state index contributed by atoms with van der Waals surface area (Å²) in [5.74, 6) is 3.63. The smallest absolute Gasteiger partial charge is 0.224 e. The molecule has 0 radical (unpaired) electrons. The van der Waals surface area contributed by atoms with Gasteiger partial charge in [-0.25, -0.2) is 0 Å². The maximum atomic E-state index is 11.4. The molecule has 0 spiro atoms. The predicted molar refractivity (Wildman–Crippen MR) is 72.0 cm³/mol. The zero-order valence-electron chi connectivity index (χ0n) is 8.90. The van der Waals surface area contributed by atoms with Crippen LogP contribution >= 0.6 is 35.9 Å². The fourth-order valence-corrected chi connectivity index (χ4v) is 3.76. The summed E-state index contributed by atoms with van der Waals surface area (Å²) in [4.78, 5) is 11.4. The highest BCUT2D eigenvalue weighted by atomic mass is 35.5. The molecule has 1 amide bonds. The highest BCUT2D eigenvalue weighted by Gasteiger charge is 2.16. The Morgan fingerprint density at radius 1 is 1.60 bits per heavy atom. The van der Waals surface area contributed by atoms with Gasteiger partial charge in [-0.2, -0.15) is 23.5 Å². The van der Waals surface area contributed by atoms with Crippen LogP contribution in [-0.4, -0.2) is 41.5 Å². The molecule has 1 aliphatic heterocycles. The molecule has 15 heavy (non-hydrogen) atoms. The van der Waals surface area contributed by atoms with E-state index < -0.39 is 0 Å². The molecular weight excluding hydrogens is 252 g/mol. The first kappa shape index (κ1) is 15.4. The summed E-state index contributed by atoms with van der Waals surface area (Å²) >= 11 is 3.93. The van der Waals surface area contributed by atoms with Crippen molar-refractivity contribution in [3.05, 3.63) is 0 Å². The summed E-state index contributed by atoms with van der Waals surface area (Å²) in [7, 11) is 0. The van der Waals surface area contributed by atoms with Crippen LogP contribution in [0, 0.1) is 5.92 Å². The van der Waals surface area contributed by atoms with Crippen molar-refractivity contribution in [3.8, 4) is 0 Å². The number of hydrogen-bond acceptors (Lipinski definition) is 4. The minimum Gasteiger partial charge on any atom is -0.355 e. The Morgan fingerprint density at radius 3 is 2.87 bits per heavy atom. The molecule has 0 saturated carbocycles. The second kappa shape index (κ2) is 8.56. The maximum Gasteiger partial charge on any atom is 0.224 e. The van der Waals surface area contributed by atoms with Crippen LogP contribution in [0.25, 0.3) is 0 Å². The summed E-state index contributed by atoms with van der Waals surface area (Å²) in [5, 5.41) is 3.54. The highest BCUT2D eigenvalue weighted by Crippen LogP contribution is 2.23. The Balaban J connectivity index is 0.00000196.